The summed E-state index contributed by atoms with van der Waals surface area (Å²) < 4.78 is 7.62. The number of carbonyl (C=O) groups excluding carboxylic acids is 1. The number of nitrogens with zero attached hydrogens (tertiary/aromatic N) is 2. The number of rotatable bonds is 5. The van der Waals surface area contributed by atoms with Gasteiger partial charge in [0, 0.05) is 25.1 Å². The number of fused-ring (bicyclic) bond motifs is 1. The van der Waals surface area contributed by atoms with Crippen LogP contribution in [0.3, 0.4) is 0 Å². The van der Waals surface area contributed by atoms with Crippen LogP contribution in [0.5, 0.6) is 5.75 Å². The van der Waals surface area contributed by atoms with E-state index in [1.165, 1.54) is 0 Å². The minimum absolute atomic E-state index is 0.234. The van der Waals surface area contributed by atoms with E-state index in [0.29, 0.717) is 13.0 Å². The maximum absolute atomic E-state index is 11.7. The summed E-state index contributed by atoms with van der Waals surface area (Å²) in [6.45, 7) is 1.46. The van der Waals surface area contributed by atoms with Crippen LogP contribution < -0.4 is 4.74 Å². The van der Waals surface area contributed by atoms with E-state index in [9.17, 15) is 4.79 Å². The van der Waals surface area contributed by atoms with E-state index >= 15 is 0 Å². The number of carbonyl (C=O) groups is 1. The van der Waals surface area contributed by atoms with Crippen molar-refractivity contribution in [1.82, 2.24) is 9.78 Å². The Kier molecular flexibility index (Phi) is 3.81. The third kappa shape index (κ3) is 2.74. The summed E-state index contributed by atoms with van der Waals surface area (Å²) in [5.41, 5.74) is 1.92. The molecular formula is C16H18N2O2. The monoisotopic (exact) mass is 270 g/mol. The quantitative estimate of drug-likeness (QED) is 0.785. The fourth-order valence-corrected chi connectivity index (χ4v) is 2.57. The van der Waals surface area contributed by atoms with E-state index in [-0.39, 0.29) is 5.78 Å². The minimum atomic E-state index is 0.234. The van der Waals surface area contributed by atoms with E-state index in [1.54, 1.807) is 6.20 Å². The Morgan fingerprint density at radius 2 is 2.05 bits per heavy atom. The minimum Gasteiger partial charge on any atom is -0.494 e. The Balaban J connectivity index is 1.53. The van der Waals surface area contributed by atoms with Crippen LogP contribution in [-0.4, -0.2) is 22.2 Å². The number of aryl methyl sites for hydroxylation is 1. The molecule has 4 heteroatoms. The summed E-state index contributed by atoms with van der Waals surface area (Å²) in [6.07, 6.45) is 5.17. The van der Waals surface area contributed by atoms with Crippen molar-refractivity contribution in [2.75, 3.05) is 6.61 Å². The van der Waals surface area contributed by atoms with Gasteiger partial charge in [0.1, 0.15) is 5.75 Å². The highest BCUT2D eigenvalue weighted by Gasteiger charge is 2.21. The molecule has 1 aliphatic carbocycles. The zero-order valence-electron chi connectivity index (χ0n) is 11.4. The molecule has 0 saturated carbocycles. The molecule has 2 aromatic rings. The van der Waals surface area contributed by atoms with Gasteiger partial charge in [-0.25, -0.2) is 0 Å². The lowest BCUT2D eigenvalue weighted by Gasteiger charge is -2.13. The zero-order chi connectivity index (χ0) is 13.8. The summed E-state index contributed by atoms with van der Waals surface area (Å²) in [4.78, 5) is 11.7. The second-order valence-corrected chi connectivity index (χ2v) is 5.02. The van der Waals surface area contributed by atoms with Gasteiger partial charge in [-0.1, -0.05) is 18.2 Å². The average Bonchev–Trinajstić information content (AvgIpc) is 2.90. The molecule has 0 unspecified atom stereocenters. The molecule has 0 atom stereocenters. The second-order valence-electron chi connectivity index (χ2n) is 5.02. The van der Waals surface area contributed by atoms with Crippen molar-refractivity contribution in [1.29, 1.82) is 0 Å². The summed E-state index contributed by atoms with van der Waals surface area (Å²) in [6, 6.07) is 9.80. The molecule has 1 aliphatic rings. The van der Waals surface area contributed by atoms with Gasteiger partial charge in [0.05, 0.1) is 18.4 Å². The number of para-hydroxylation sites is 1. The fourth-order valence-electron chi connectivity index (χ4n) is 2.57. The molecule has 0 saturated heterocycles. The molecule has 0 fully saturated rings. The van der Waals surface area contributed by atoms with Crippen molar-refractivity contribution >= 4 is 5.78 Å². The first-order chi connectivity index (χ1) is 9.84. The fraction of sp³-hybridized carbons (Fsp3) is 0.375. The van der Waals surface area contributed by atoms with E-state index in [1.807, 2.05) is 35.0 Å². The van der Waals surface area contributed by atoms with Gasteiger partial charge in [-0.2, -0.15) is 5.10 Å². The Labute approximate surface area is 118 Å². The van der Waals surface area contributed by atoms with Crippen molar-refractivity contribution in [3.05, 3.63) is 47.8 Å². The van der Waals surface area contributed by atoms with Gasteiger partial charge in [-0.05, 0) is 25.0 Å². The molecule has 0 spiro atoms. The normalized spacial score (nSPS) is 14.1. The average molecular weight is 270 g/mol. The van der Waals surface area contributed by atoms with Crippen molar-refractivity contribution in [2.24, 2.45) is 0 Å². The maximum atomic E-state index is 11.7. The Bertz CT molecular complexity index is 590. The number of benzene rings is 1. The van der Waals surface area contributed by atoms with Crippen LogP contribution in [-0.2, 0) is 13.0 Å². The van der Waals surface area contributed by atoms with Gasteiger partial charge in [0.15, 0.2) is 5.78 Å². The molecular weight excluding hydrogens is 252 g/mol. The van der Waals surface area contributed by atoms with Crippen LogP contribution in [0.15, 0.2) is 36.5 Å². The molecule has 4 nitrogen and oxygen atoms in total. The van der Waals surface area contributed by atoms with Gasteiger partial charge < -0.3 is 4.74 Å². The SMILES string of the molecule is O=C1CCCc2c1cnn2CCCOc1ccccc1. The molecule has 0 radical (unpaired) electrons. The van der Waals surface area contributed by atoms with Crippen molar-refractivity contribution in [2.45, 2.75) is 32.2 Å². The molecule has 104 valence electrons. The highest BCUT2D eigenvalue weighted by molar-refractivity contribution is 5.97. The predicted octanol–water partition coefficient (Wildman–Crippen LogP) is 2.87. The number of ketones is 1. The first-order valence-corrected chi connectivity index (χ1v) is 7.10. The number of ether oxygens (including phenoxy) is 1. The number of hydrogen-bond donors (Lipinski definition) is 0. The molecule has 1 aromatic heterocycles. The van der Waals surface area contributed by atoms with Crippen LogP contribution in [0.2, 0.25) is 0 Å². The zero-order valence-corrected chi connectivity index (χ0v) is 11.4. The van der Waals surface area contributed by atoms with Crippen molar-refractivity contribution in [3.8, 4) is 5.75 Å². The lowest BCUT2D eigenvalue weighted by Crippen LogP contribution is -2.14. The van der Waals surface area contributed by atoms with Gasteiger partial charge in [-0.3, -0.25) is 9.48 Å². The largest absolute Gasteiger partial charge is 0.494 e. The first-order valence-electron chi connectivity index (χ1n) is 7.10. The van der Waals surface area contributed by atoms with Crippen LogP contribution in [0.4, 0.5) is 0 Å². The van der Waals surface area contributed by atoms with Gasteiger partial charge in [0.25, 0.3) is 0 Å². The number of Topliss-reactive ketones (excluding diaryl/α,β-unsaturated/α-hetero) is 1. The molecule has 0 N–H and O–H groups in total. The molecule has 0 bridgehead atoms. The molecule has 0 aliphatic heterocycles. The smallest absolute Gasteiger partial charge is 0.166 e. The lowest BCUT2D eigenvalue weighted by molar-refractivity contribution is 0.0971. The van der Waals surface area contributed by atoms with E-state index in [0.717, 1.165) is 42.8 Å². The first kappa shape index (κ1) is 12.9. The third-order valence-electron chi connectivity index (χ3n) is 3.59. The van der Waals surface area contributed by atoms with Gasteiger partial charge in [-0.15, -0.1) is 0 Å². The van der Waals surface area contributed by atoms with Crippen molar-refractivity contribution in [3.63, 3.8) is 0 Å². The lowest BCUT2D eigenvalue weighted by atomic mass is 9.97. The third-order valence-corrected chi connectivity index (χ3v) is 3.59. The molecule has 0 amide bonds. The Morgan fingerprint density at radius 1 is 1.20 bits per heavy atom. The topological polar surface area (TPSA) is 44.1 Å². The standard InChI is InChI=1S/C16H18N2O2/c19-16-9-4-8-15-14(16)12-17-18(15)10-5-11-20-13-6-2-1-3-7-13/h1-3,6-7,12H,4-5,8-11H2. The summed E-state index contributed by atoms with van der Waals surface area (Å²) in [5, 5.41) is 4.33. The molecule has 20 heavy (non-hydrogen) atoms. The highest BCUT2D eigenvalue weighted by atomic mass is 16.5. The summed E-state index contributed by atoms with van der Waals surface area (Å²) >= 11 is 0. The predicted molar refractivity (Wildman–Crippen MR) is 76.0 cm³/mol. The number of aromatic nitrogens is 2. The molecule has 3 rings (SSSR count). The second kappa shape index (κ2) is 5.90. The summed E-state index contributed by atoms with van der Waals surface area (Å²) in [5.74, 6) is 1.13. The Hall–Kier alpha value is -2.10. The van der Waals surface area contributed by atoms with Gasteiger partial charge in [0.2, 0.25) is 0 Å². The van der Waals surface area contributed by atoms with Crippen molar-refractivity contribution < 1.29 is 9.53 Å². The van der Waals surface area contributed by atoms with E-state index < -0.39 is 0 Å². The molecule has 1 aromatic carbocycles. The summed E-state index contributed by atoms with van der Waals surface area (Å²) in [7, 11) is 0. The van der Waals surface area contributed by atoms with Gasteiger partial charge >= 0.3 is 0 Å². The highest BCUT2D eigenvalue weighted by Crippen LogP contribution is 2.21. The van der Waals surface area contributed by atoms with Crippen LogP contribution in [0.25, 0.3) is 0 Å². The van der Waals surface area contributed by atoms with E-state index in [2.05, 4.69) is 5.10 Å². The van der Waals surface area contributed by atoms with E-state index in [4.69, 9.17) is 4.74 Å². The molecule has 1 heterocycles. The maximum Gasteiger partial charge on any atom is 0.166 e. The van der Waals surface area contributed by atoms with Crippen LogP contribution in [0, 0.1) is 0 Å². The number of hydrogen-bond acceptors (Lipinski definition) is 3. The van der Waals surface area contributed by atoms with Crippen LogP contribution in [0.1, 0.15) is 35.3 Å². The van der Waals surface area contributed by atoms with Crippen LogP contribution >= 0.6 is 0 Å². The Morgan fingerprint density at radius 3 is 2.90 bits per heavy atom.